The molecule has 17 rings (SSSR count). The Morgan fingerprint density at radius 2 is 0.424 bits per heavy atom. The molecule has 17 aromatic rings. The van der Waals surface area contributed by atoms with E-state index < -0.39 is 0 Å². The molecule has 0 aliphatic heterocycles. The number of hydrogen-bond acceptors (Lipinski definition) is 2. The van der Waals surface area contributed by atoms with Crippen molar-refractivity contribution in [3.63, 3.8) is 0 Å². The van der Waals surface area contributed by atoms with Crippen LogP contribution in [0.2, 0.25) is 0 Å². The average Bonchev–Trinajstić information content (AvgIpc) is 0.728. The van der Waals surface area contributed by atoms with E-state index in [2.05, 4.69) is 374 Å². The smallest absolute Gasteiger partial charge is 0.0473 e. The zero-order valence-electron chi connectivity index (χ0n) is 50.5. The van der Waals surface area contributed by atoms with Gasteiger partial charge in [0.1, 0.15) is 0 Å². The Hall–Kier alpha value is -12.1. The lowest BCUT2D eigenvalue weighted by atomic mass is 9.84. The van der Waals surface area contributed by atoms with Crippen LogP contribution in [-0.2, 0) is 0 Å². The summed E-state index contributed by atoms with van der Waals surface area (Å²) in [5.74, 6) is 0. The van der Waals surface area contributed by atoms with Gasteiger partial charge in [0.15, 0.2) is 0 Å². The van der Waals surface area contributed by atoms with Crippen molar-refractivity contribution in [1.82, 2.24) is 0 Å². The molecule has 0 aliphatic rings. The highest BCUT2D eigenvalue weighted by molar-refractivity contribution is 6.24. The van der Waals surface area contributed by atoms with Gasteiger partial charge in [-0.15, -0.1) is 0 Å². The van der Waals surface area contributed by atoms with Crippen molar-refractivity contribution in [1.29, 1.82) is 0 Å². The van der Waals surface area contributed by atoms with Gasteiger partial charge >= 0.3 is 0 Å². The summed E-state index contributed by atoms with van der Waals surface area (Å²) < 4.78 is 0. The summed E-state index contributed by atoms with van der Waals surface area (Å²) in [4.78, 5) is 4.90. The molecule has 92 heavy (non-hydrogen) atoms. The second-order valence-corrected chi connectivity index (χ2v) is 24.0. The first-order valence-corrected chi connectivity index (χ1v) is 31.7. The lowest BCUT2D eigenvalue weighted by molar-refractivity contribution is 1.29. The minimum Gasteiger partial charge on any atom is -0.310 e. The zero-order valence-corrected chi connectivity index (χ0v) is 50.5. The molecule has 0 heterocycles. The van der Waals surface area contributed by atoms with Crippen molar-refractivity contribution >= 4 is 98.8 Å². The number of fused-ring (bicyclic) bond motifs is 8. The van der Waals surface area contributed by atoms with Gasteiger partial charge in [-0.3, -0.25) is 0 Å². The summed E-state index contributed by atoms with van der Waals surface area (Å²) in [6, 6.07) is 134. The van der Waals surface area contributed by atoms with Crippen molar-refractivity contribution in [2.24, 2.45) is 0 Å². The predicted molar refractivity (Wildman–Crippen MR) is 393 cm³/mol. The molecule has 0 fully saturated rings. The molecule has 0 amide bonds. The molecule has 0 saturated heterocycles. The Labute approximate surface area is 536 Å². The number of para-hydroxylation sites is 2. The van der Waals surface area contributed by atoms with Crippen molar-refractivity contribution in [2.45, 2.75) is 0 Å². The Kier molecular flexibility index (Phi) is 13.6. The first kappa shape index (κ1) is 54.1. The number of benzene rings is 17. The van der Waals surface area contributed by atoms with Crippen molar-refractivity contribution < 1.29 is 0 Å². The minimum atomic E-state index is 1.05. The number of anilines is 6. The first-order chi connectivity index (χ1) is 45.6. The Morgan fingerprint density at radius 1 is 0.130 bits per heavy atom. The molecule has 17 aromatic carbocycles. The van der Waals surface area contributed by atoms with Crippen LogP contribution < -0.4 is 9.80 Å². The van der Waals surface area contributed by atoms with Crippen LogP contribution in [0.25, 0.3) is 131 Å². The summed E-state index contributed by atoms with van der Waals surface area (Å²) in [6.07, 6.45) is 0. The van der Waals surface area contributed by atoms with Crippen LogP contribution in [-0.4, -0.2) is 0 Å². The van der Waals surface area contributed by atoms with Gasteiger partial charge in [0.2, 0.25) is 0 Å². The lowest BCUT2D eigenvalue weighted by Gasteiger charge is -2.29. The topological polar surface area (TPSA) is 6.48 Å². The first-order valence-electron chi connectivity index (χ1n) is 31.7. The molecule has 0 N–H and O–H groups in total. The minimum absolute atomic E-state index is 1.05. The molecule has 0 radical (unpaired) electrons. The van der Waals surface area contributed by atoms with Gasteiger partial charge in [0.05, 0.1) is 0 Å². The lowest BCUT2D eigenvalue weighted by Crippen LogP contribution is -2.11. The maximum absolute atomic E-state index is 2.47. The molecule has 430 valence electrons. The standard InChI is InChI=1S/C90H60N2/c1-7-23-61(24-8-1)71-53-72(62-25-9-2-10-26-62)56-79(55-71)91(75-33-15-5-16-34-75)77-45-49-85-87(59-77)89(69-43-47-83-67(51-69)41-39-65-31-19-21-37-81(65)83)86-50-46-78(60-88(86)90(85)70-44-48-84-68(52-70)42-40-66-32-20-22-38-82(66)84)92(76-35-17-6-18-36-76)80-57-73(63-27-11-3-12-28-63)54-74(58-80)64-29-13-4-14-30-64/h1-60H. The summed E-state index contributed by atoms with van der Waals surface area (Å²) in [5, 5.41) is 14.4. The van der Waals surface area contributed by atoms with E-state index in [-0.39, 0.29) is 0 Å². The van der Waals surface area contributed by atoms with Crippen LogP contribution >= 0.6 is 0 Å². The van der Waals surface area contributed by atoms with Crippen LogP contribution in [0.5, 0.6) is 0 Å². The monoisotopic (exact) mass is 1170 g/mol. The molecule has 0 spiro atoms. The fourth-order valence-electron chi connectivity index (χ4n) is 14.2. The van der Waals surface area contributed by atoms with E-state index in [0.29, 0.717) is 0 Å². The van der Waals surface area contributed by atoms with Crippen LogP contribution in [0.4, 0.5) is 34.1 Å². The molecule has 0 bridgehead atoms. The Balaban J connectivity index is 0.975. The SMILES string of the molecule is c1ccc(-c2cc(-c3ccccc3)cc(N(c3ccccc3)c3ccc4c(-c5ccc6c(ccc7ccccc76)c5)c5cc(N(c6ccccc6)c6cc(-c7ccccc7)cc(-c7ccccc7)c6)ccc5c(-c5ccc6c(ccc7ccccc76)c5)c4c3)c2)cc1. The number of rotatable bonds is 12. The van der Waals surface area contributed by atoms with Crippen LogP contribution in [0, 0.1) is 0 Å². The van der Waals surface area contributed by atoms with Crippen LogP contribution in [0.1, 0.15) is 0 Å². The van der Waals surface area contributed by atoms with Crippen molar-refractivity contribution in [3.8, 4) is 66.8 Å². The number of hydrogen-bond donors (Lipinski definition) is 0. The molecule has 2 nitrogen and oxygen atoms in total. The van der Waals surface area contributed by atoms with Gasteiger partial charge in [-0.05, 0) is 228 Å². The molecule has 0 aromatic heterocycles. The fourth-order valence-corrected chi connectivity index (χ4v) is 14.2. The van der Waals surface area contributed by atoms with Gasteiger partial charge in [-0.2, -0.15) is 0 Å². The van der Waals surface area contributed by atoms with Crippen molar-refractivity contribution in [3.05, 3.63) is 364 Å². The maximum Gasteiger partial charge on any atom is 0.0473 e. The zero-order chi connectivity index (χ0) is 60.9. The molecule has 0 aliphatic carbocycles. The van der Waals surface area contributed by atoms with E-state index in [1.807, 2.05) is 0 Å². The summed E-state index contributed by atoms with van der Waals surface area (Å²) in [6.45, 7) is 0. The molecule has 0 unspecified atom stereocenters. The van der Waals surface area contributed by atoms with E-state index in [0.717, 1.165) is 111 Å². The van der Waals surface area contributed by atoms with E-state index in [9.17, 15) is 0 Å². The highest BCUT2D eigenvalue weighted by Crippen LogP contribution is 2.51. The highest BCUT2D eigenvalue weighted by atomic mass is 15.1. The van der Waals surface area contributed by atoms with E-state index in [4.69, 9.17) is 0 Å². The quantitative estimate of drug-likeness (QED) is 0.0889. The number of nitrogens with zero attached hydrogens (tertiary/aromatic N) is 2. The van der Waals surface area contributed by atoms with Crippen LogP contribution in [0.3, 0.4) is 0 Å². The third-order valence-electron chi connectivity index (χ3n) is 18.5. The summed E-state index contributed by atoms with van der Waals surface area (Å²) in [7, 11) is 0. The highest BCUT2D eigenvalue weighted by Gasteiger charge is 2.25. The third kappa shape index (κ3) is 9.88. The van der Waals surface area contributed by atoms with Gasteiger partial charge in [-0.1, -0.05) is 267 Å². The molecule has 2 heteroatoms. The Bertz CT molecular complexity index is 5150. The molecular formula is C90H60N2. The largest absolute Gasteiger partial charge is 0.310 e. The maximum atomic E-state index is 2.47. The van der Waals surface area contributed by atoms with Crippen molar-refractivity contribution in [2.75, 3.05) is 9.80 Å². The van der Waals surface area contributed by atoms with E-state index >= 15 is 0 Å². The normalized spacial score (nSPS) is 11.5. The Morgan fingerprint density at radius 3 is 0.783 bits per heavy atom. The fraction of sp³-hybridized carbons (Fsp3) is 0. The van der Waals surface area contributed by atoms with Gasteiger partial charge < -0.3 is 9.80 Å². The van der Waals surface area contributed by atoms with Gasteiger partial charge in [0, 0.05) is 34.1 Å². The average molecular weight is 1170 g/mol. The molecular weight excluding hydrogens is 1110 g/mol. The second kappa shape index (κ2) is 23.1. The van der Waals surface area contributed by atoms with Gasteiger partial charge in [0.25, 0.3) is 0 Å². The second-order valence-electron chi connectivity index (χ2n) is 24.0. The molecule has 0 atom stereocenters. The van der Waals surface area contributed by atoms with Crippen LogP contribution in [0.15, 0.2) is 364 Å². The predicted octanol–water partition coefficient (Wildman–Crippen LogP) is 25.5. The van der Waals surface area contributed by atoms with E-state index in [1.165, 1.54) is 54.2 Å². The molecule has 0 saturated carbocycles. The third-order valence-corrected chi connectivity index (χ3v) is 18.5. The summed E-state index contributed by atoms with van der Waals surface area (Å²) >= 11 is 0. The summed E-state index contributed by atoms with van der Waals surface area (Å²) in [5.41, 5.74) is 20.2. The van der Waals surface area contributed by atoms with E-state index in [1.54, 1.807) is 0 Å². The van der Waals surface area contributed by atoms with Gasteiger partial charge in [-0.25, -0.2) is 0 Å².